The normalized spacial score (nSPS) is 15.2. The number of carbonyl (C=O) groups is 1. The van der Waals surface area contributed by atoms with Crippen molar-refractivity contribution in [3.8, 4) is 0 Å². The van der Waals surface area contributed by atoms with Gasteiger partial charge in [0.05, 0.1) is 20.7 Å². The van der Waals surface area contributed by atoms with Gasteiger partial charge in [0.2, 0.25) is 15.9 Å². The minimum atomic E-state index is -3.90. The average Bonchev–Trinajstić information content (AvgIpc) is 2.88. The Labute approximate surface area is 230 Å². The number of anilines is 2. The summed E-state index contributed by atoms with van der Waals surface area (Å²) in [5, 5.41) is 3.39. The Balaban J connectivity index is 1.31. The zero-order chi connectivity index (χ0) is 27.5. The number of hydrogen-bond donors (Lipinski definition) is 2. The third kappa shape index (κ3) is 7.03. The van der Waals surface area contributed by atoms with Crippen molar-refractivity contribution in [1.82, 2.24) is 4.31 Å². The van der Waals surface area contributed by atoms with E-state index in [2.05, 4.69) is 10.0 Å². The molecule has 0 radical (unpaired) electrons. The van der Waals surface area contributed by atoms with Gasteiger partial charge in [-0.15, -0.1) is 0 Å². The molecule has 13 heteroatoms. The molecule has 3 aromatic carbocycles. The van der Waals surface area contributed by atoms with E-state index >= 15 is 0 Å². The summed E-state index contributed by atoms with van der Waals surface area (Å²) in [4.78, 5) is 12.7. The van der Waals surface area contributed by atoms with E-state index in [-0.39, 0.29) is 40.4 Å². The Morgan fingerprint density at radius 1 is 0.868 bits per heavy atom. The molecule has 1 saturated heterocycles. The number of rotatable bonds is 8. The summed E-state index contributed by atoms with van der Waals surface area (Å²) in [6.45, 7) is 0.405. The fourth-order valence-electron chi connectivity index (χ4n) is 4.02. The fraction of sp³-hybridized carbons (Fsp3) is 0.240. The number of amides is 1. The highest BCUT2D eigenvalue weighted by Gasteiger charge is 2.31. The van der Waals surface area contributed by atoms with Crippen LogP contribution in [-0.4, -0.2) is 40.1 Å². The maximum atomic E-state index is 13.1. The average molecular weight is 601 g/mol. The maximum absolute atomic E-state index is 13.1. The molecule has 1 aliphatic rings. The highest BCUT2D eigenvalue weighted by molar-refractivity contribution is 7.92. The lowest BCUT2D eigenvalue weighted by molar-refractivity contribution is -0.120. The van der Waals surface area contributed by atoms with Gasteiger partial charge in [-0.3, -0.25) is 9.52 Å². The number of carbonyl (C=O) groups excluding carboxylic acids is 1. The Morgan fingerprint density at radius 3 is 2.08 bits per heavy atom. The van der Waals surface area contributed by atoms with Crippen LogP contribution in [0.1, 0.15) is 18.4 Å². The summed E-state index contributed by atoms with van der Waals surface area (Å²) in [5.41, 5.74) is 1.15. The molecule has 0 spiro atoms. The molecular weight excluding hydrogens is 576 g/mol. The van der Waals surface area contributed by atoms with Crippen LogP contribution in [0.4, 0.5) is 15.8 Å². The predicted octanol–water partition coefficient (Wildman–Crippen LogP) is 5.11. The highest BCUT2D eigenvalue weighted by atomic mass is 35.5. The lowest BCUT2D eigenvalue weighted by atomic mass is 9.97. The Morgan fingerprint density at radius 2 is 1.47 bits per heavy atom. The van der Waals surface area contributed by atoms with Gasteiger partial charge in [-0.25, -0.2) is 25.5 Å². The van der Waals surface area contributed by atoms with Gasteiger partial charge in [-0.2, -0.15) is 0 Å². The van der Waals surface area contributed by atoms with E-state index in [0.717, 1.165) is 12.1 Å². The van der Waals surface area contributed by atoms with Crippen LogP contribution < -0.4 is 10.0 Å². The van der Waals surface area contributed by atoms with E-state index in [0.29, 0.717) is 29.1 Å². The minimum absolute atomic E-state index is 0.0275. The molecule has 38 heavy (non-hydrogen) atoms. The van der Waals surface area contributed by atoms with Gasteiger partial charge in [-0.1, -0.05) is 29.3 Å². The lowest BCUT2D eigenvalue weighted by Crippen LogP contribution is -2.41. The third-order valence-corrected chi connectivity index (χ3v) is 10.1. The van der Waals surface area contributed by atoms with Crippen molar-refractivity contribution in [3.63, 3.8) is 0 Å². The first-order valence-electron chi connectivity index (χ1n) is 11.5. The van der Waals surface area contributed by atoms with Gasteiger partial charge in [0, 0.05) is 30.4 Å². The van der Waals surface area contributed by atoms with Gasteiger partial charge in [0.15, 0.2) is 0 Å². The van der Waals surface area contributed by atoms with Gasteiger partial charge < -0.3 is 5.32 Å². The Hall–Kier alpha value is -2.70. The van der Waals surface area contributed by atoms with Crippen LogP contribution in [0.2, 0.25) is 10.0 Å². The second-order valence-electron chi connectivity index (χ2n) is 8.80. The minimum Gasteiger partial charge on any atom is -0.326 e. The maximum Gasteiger partial charge on any atom is 0.261 e. The van der Waals surface area contributed by atoms with E-state index in [4.69, 9.17) is 23.2 Å². The largest absolute Gasteiger partial charge is 0.326 e. The quantitative estimate of drug-likeness (QED) is 0.373. The molecule has 3 aromatic rings. The van der Waals surface area contributed by atoms with Crippen LogP contribution in [0.3, 0.4) is 0 Å². The molecule has 1 amide bonds. The van der Waals surface area contributed by atoms with Crippen molar-refractivity contribution in [1.29, 1.82) is 0 Å². The standard InChI is InChI=1S/C25H24Cl2FN3O5S2/c26-23-10-1-17(15-24(23)27)16-37(33,34)31-13-11-18(12-14-31)25(32)29-20-6-8-22(9-7-20)38(35,36)30-21-4-2-19(28)3-5-21/h1-10,15,18,30H,11-14,16H2,(H,29,32). The monoisotopic (exact) mass is 599 g/mol. The van der Waals surface area contributed by atoms with E-state index in [1.54, 1.807) is 12.1 Å². The molecule has 8 nitrogen and oxygen atoms in total. The Bertz CT molecular complexity index is 1530. The molecule has 0 unspecified atom stereocenters. The zero-order valence-corrected chi connectivity index (χ0v) is 23.0. The molecule has 0 bridgehead atoms. The third-order valence-electron chi connectivity index (χ3n) is 6.08. The fourth-order valence-corrected chi connectivity index (χ4v) is 6.95. The van der Waals surface area contributed by atoms with Crippen LogP contribution >= 0.6 is 23.2 Å². The van der Waals surface area contributed by atoms with Crippen molar-refractivity contribution in [3.05, 3.63) is 88.2 Å². The zero-order valence-electron chi connectivity index (χ0n) is 19.9. The van der Waals surface area contributed by atoms with E-state index in [9.17, 15) is 26.0 Å². The number of hydrogen-bond acceptors (Lipinski definition) is 5. The summed E-state index contributed by atoms with van der Waals surface area (Å²) in [6.07, 6.45) is 0.695. The van der Waals surface area contributed by atoms with Crippen molar-refractivity contribution in [2.45, 2.75) is 23.5 Å². The summed E-state index contributed by atoms with van der Waals surface area (Å²) in [6, 6.07) is 15.2. The molecule has 0 aromatic heterocycles. The van der Waals surface area contributed by atoms with Crippen LogP contribution in [0.15, 0.2) is 71.6 Å². The smallest absolute Gasteiger partial charge is 0.261 e. The molecule has 0 aliphatic carbocycles. The second kappa shape index (κ2) is 11.6. The predicted molar refractivity (Wildman–Crippen MR) is 146 cm³/mol. The summed E-state index contributed by atoms with van der Waals surface area (Å²) < 4.78 is 67.6. The first-order chi connectivity index (χ1) is 17.9. The second-order valence-corrected chi connectivity index (χ2v) is 13.3. The molecule has 2 N–H and O–H groups in total. The number of benzene rings is 3. The lowest BCUT2D eigenvalue weighted by Gasteiger charge is -2.30. The summed E-state index contributed by atoms with van der Waals surface area (Å²) in [5.74, 6) is -1.36. The molecule has 0 saturated carbocycles. The first kappa shape index (κ1) is 28.3. The molecule has 4 rings (SSSR count). The SMILES string of the molecule is O=C(Nc1ccc(S(=O)(=O)Nc2ccc(F)cc2)cc1)C1CCN(S(=O)(=O)Cc2ccc(Cl)c(Cl)c2)CC1. The van der Waals surface area contributed by atoms with E-state index in [1.807, 2.05) is 0 Å². The molecule has 1 fully saturated rings. The van der Waals surface area contributed by atoms with Gasteiger partial charge >= 0.3 is 0 Å². The van der Waals surface area contributed by atoms with Crippen molar-refractivity contribution < 1.29 is 26.0 Å². The summed E-state index contributed by atoms with van der Waals surface area (Å²) >= 11 is 11.9. The van der Waals surface area contributed by atoms with E-state index in [1.165, 1.54) is 46.8 Å². The summed E-state index contributed by atoms with van der Waals surface area (Å²) in [7, 11) is -7.50. The van der Waals surface area contributed by atoms with Gasteiger partial charge in [-0.05, 0) is 79.1 Å². The van der Waals surface area contributed by atoms with Crippen LogP contribution in [-0.2, 0) is 30.6 Å². The van der Waals surface area contributed by atoms with Crippen molar-refractivity contribution >= 4 is 60.5 Å². The number of piperidine rings is 1. The first-order valence-corrected chi connectivity index (χ1v) is 15.4. The molecule has 0 atom stereocenters. The number of sulfonamides is 2. The topological polar surface area (TPSA) is 113 Å². The molecular formula is C25H24Cl2FN3O5S2. The molecule has 202 valence electrons. The van der Waals surface area contributed by atoms with Crippen LogP contribution in [0.5, 0.6) is 0 Å². The van der Waals surface area contributed by atoms with Crippen LogP contribution in [0, 0.1) is 11.7 Å². The number of nitrogens with one attached hydrogen (secondary N) is 2. The molecule has 1 heterocycles. The van der Waals surface area contributed by atoms with Crippen molar-refractivity contribution in [2.24, 2.45) is 5.92 Å². The van der Waals surface area contributed by atoms with E-state index < -0.39 is 31.8 Å². The number of nitrogens with zero attached hydrogens (tertiary/aromatic N) is 1. The molecule has 1 aliphatic heterocycles. The van der Waals surface area contributed by atoms with Crippen molar-refractivity contribution in [2.75, 3.05) is 23.1 Å². The van der Waals surface area contributed by atoms with Crippen LogP contribution in [0.25, 0.3) is 0 Å². The highest BCUT2D eigenvalue weighted by Crippen LogP contribution is 2.27. The number of halogens is 3. The van der Waals surface area contributed by atoms with Gasteiger partial charge in [0.1, 0.15) is 5.82 Å². The van der Waals surface area contributed by atoms with Gasteiger partial charge in [0.25, 0.3) is 10.0 Å². The Kier molecular flexibility index (Phi) is 8.63.